The summed E-state index contributed by atoms with van der Waals surface area (Å²) in [5.41, 5.74) is 1.86. The van der Waals surface area contributed by atoms with E-state index in [0.29, 0.717) is 23.2 Å². The van der Waals surface area contributed by atoms with E-state index in [1.807, 2.05) is 54.6 Å². The molecule has 4 nitrogen and oxygen atoms in total. The van der Waals surface area contributed by atoms with Crippen LogP contribution in [0.1, 0.15) is 11.4 Å². The molecule has 0 saturated heterocycles. The van der Waals surface area contributed by atoms with E-state index in [-0.39, 0.29) is 0 Å². The van der Waals surface area contributed by atoms with E-state index in [9.17, 15) is 5.21 Å². The molecule has 21 heavy (non-hydrogen) atoms. The zero-order valence-electron chi connectivity index (χ0n) is 11.5. The first-order chi connectivity index (χ1) is 10.1. The van der Waals surface area contributed by atoms with Crippen LogP contribution in [-0.4, -0.2) is 9.78 Å². The number of hydrogen-bond acceptors (Lipinski definition) is 2. The van der Waals surface area contributed by atoms with Gasteiger partial charge in [0.2, 0.25) is 5.82 Å². The quantitative estimate of drug-likeness (QED) is 0.551. The standard InChI is InChI=1S/C16H14ClN3O/c1-12-19(11-13-7-9-15(17)10-8-13)18-16(20(12)21)14-5-3-2-4-6-14/h2-10H,11H2,1H3. The normalized spacial score (nSPS) is 10.8. The lowest BCUT2D eigenvalue weighted by Crippen LogP contribution is -2.30. The van der Waals surface area contributed by atoms with Crippen molar-refractivity contribution in [2.24, 2.45) is 0 Å². The zero-order chi connectivity index (χ0) is 14.8. The molecule has 0 unspecified atom stereocenters. The molecule has 106 valence electrons. The molecule has 0 radical (unpaired) electrons. The van der Waals surface area contributed by atoms with Crippen LogP contribution in [0.3, 0.4) is 0 Å². The van der Waals surface area contributed by atoms with Gasteiger partial charge in [0.15, 0.2) is 0 Å². The van der Waals surface area contributed by atoms with Crippen LogP contribution in [0.2, 0.25) is 5.02 Å². The molecule has 0 bridgehead atoms. The van der Waals surface area contributed by atoms with Gasteiger partial charge >= 0.3 is 5.82 Å². The lowest BCUT2D eigenvalue weighted by Gasteiger charge is -2.03. The number of nitrogens with zero attached hydrogens (tertiary/aromatic N) is 3. The van der Waals surface area contributed by atoms with Gasteiger partial charge in [0, 0.05) is 17.0 Å². The Morgan fingerprint density at radius 2 is 1.76 bits per heavy atom. The lowest BCUT2D eigenvalue weighted by atomic mass is 10.2. The van der Waals surface area contributed by atoms with Crippen molar-refractivity contribution in [3.8, 4) is 11.4 Å². The SMILES string of the molecule is Cc1n(Cc2ccc(Cl)cc2)nc(-c2ccccc2)[n+]1[O-]. The average molecular weight is 300 g/mol. The van der Waals surface area contributed by atoms with Crippen LogP contribution in [0, 0.1) is 12.1 Å². The first-order valence-electron chi connectivity index (χ1n) is 6.62. The van der Waals surface area contributed by atoms with Gasteiger partial charge in [-0.1, -0.05) is 41.9 Å². The van der Waals surface area contributed by atoms with Crippen molar-refractivity contribution in [2.45, 2.75) is 13.5 Å². The van der Waals surface area contributed by atoms with Crippen LogP contribution in [0.5, 0.6) is 0 Å². The van der Waals surface area contributed by atoms with Crippen LogP contribution in [-0.2, 0) is 6.54 Å². The summed E-state index contributed by atoms with van der Waals surface area (Å²) in [4.78, 5) is 0. The minimum absolute atomic E-state index is 0.419. The van der Waals surface area contributed by atoms with E-state index >= 15 is 0 Å². The molecule has 0 N–H and O–H groups in total. The fourth-order valence-electron chi connectivity index (χ4n) is 2.16. The Bertz CT molecular complexity index is 751. The number of hydrogen-bond donors (Lipinski definition) is 0. The predicted molar refractivity (Wildman–Crippen MR) is 81.9 cm³/mol. The van der Waals surface area contributed by atoms with Crippen LogP contribution in [0.15, 0.2) is 54.6 Å². The van der Waals surface area contributed by atoms with Crippen LogP contribution < -0.4 is 4.73 Å². The monoisotopic (exact) mass is 299 g/mol. The molecular formula is C16H14ClN3O. The Labute approximate surface area is 127 Å². The summed E-state index contributed by atoms with van der Waals surface area (Å²) >= 11 is 5.88. The Kier molecular flexibility index (Phi) is 3.62. The van der Waals surface area contributed by atoms with Gasteiger partial charge in [0.05, 0.1) is 5.56 Å². The molecule has 0 amide bonds. The molecule has 5 heteroatoms. The number of aromatic nitrogens is 3. The first-order valence-corrected chi connectivity index (χ1v) is 7.00. The minimum Gasteiger partial charge on any atom is -0.740 e. The van der Waals surface area contributed by atoms with Crippen molar-refractivity contribution < 1.29 is 4.73 Å². The third-order valence-corrected chi connectivity index (χ3v) is 3.60. The molecule has 0 atom stereocenters. The van der Waals surface area contributed by atoms with Crippen molar-refractivity contribution in [3.05, 3.63) is 76.2 Å². The molecule has 0 aliphatic carbocycles. The van der Waals surface area contributed by atoms with Crippen molar-refractivity contribution >= 4 is 11.6 Å². The number of halogens is 1. The van der Waals surface area contributed by atoms with Gasteiger partial charge in [0.25, 0.3) is 0 Å². The van der Waals surface area contributed by atoms with Gasteiger partial charge in [-0.3, -0.25) is 0 Å². The maximum absolute atomic E-state index is 12.2. The molecule has 3 rings (SSSR count). The second kappa shape index (κ2) is 5.58. The fourth-order valence-corrected chi connectivity index (χ4v) is 2.29. The Morgan fingerprint density at radius 3 is 2.43 bits per heavy atom. The second-order valence-electron chi connectivity index (χ2n) is 4.82. The van der Waals surface area contributed by atoms with Gasteiger partial charge in [-0.15, -0.1) is 4.68 Å². The molecular weight excluding hydrogens is 286 g/mol. The van der Waals surface area contributed by atoms with E-state index in [4.69, 9.17) is 11.6 Å². The summed E-state index contributed by atoms with van der Waals surface area (Å²) in [6.07, 6.45) is 0. The molecule has 3 aromatic rings. The van der Waals surface area contributed by atoms with Crippen molar-refractivity contribution in [2.75, 3.05) is 0 Å². The predicted octanol–water partition coefficient (Wildman–Crippen LogP) is 3.19. The fraction of sp³-hybridized carbons (Fsp3) is 0.125. The highest BCUT2D eigenvalue weighted by atomic mass is 35.5. The Morgan fingerprint density at radius 1 is 1.10 bits per heavy atom. The topological polar surface area (TPSA) is 44.8 Å². The van der Waals surface area contributed by atoms with Crippen molar-refractivity contribution in [3.63, 3.8) is 0 Å². The van der Waals surface area contributed by atoms with E-state index in [1.54, 1.807) is 11.6 Å². The van der Waals surface area contributed by atoms with E-state index in [1.165, 1.54) is 0 Å². The third kappa shape index (κ3) is 2.76. The number of benzene rings is 2. The summed E-state index contributed by atoms with van der Waals surface area (Å²) in [6.45, 7) is 2.31. The maximum Gasteiger partial charge on any atom is 0.309 e. The smallest absolute Gasteiger partial charge is 0.309 e. The highest BCUT2D eigenvalue weighted by Gasteiger charge is 2.19. The highest BCUT2D eigenvalue weighted by Crippen LogP contribution is 2.15. The summed E-state index contributed by atoms with van der Waals surface area (Å²) < 4.78 is 2.57. The second-order valence-corrected chi connectivity index (χ2v) is 5.25. The van der Waals surface area contributed by atoms with E-state index < -0.39 is 0 Å². The molecule has 0 aliphatic rings. The van der Waals surface area contributed by atoms with Gasteiger partial charge < -0.3 is 5.21 Å². The van der Waals surface area contributed by atoms with Crippen molar-refractivity contribution in [1.82, 2.24) is 9.78 Å². The first kappa shape index (κ1) is 13.6. The zero-order valence-corrected chi connectivity index (χ0v) is 12.3. The summed E-state index contributed by atoms with van der Waals surface area (Å²) in [6, 6.07) is 17.0. The van der Waals surface area contributed by atoms with Gasteiger partial charge in [-0.25, -0.2) is 4.73 Å². The Hall–Kier alpha value is -2.33. The molecule has 0 fully saturated rings. The van der Waals surface area contributed by atoms with Gasteiger partial charge in [-0.05, 0) is 29.8 Å². The third-order valence-electron chi connectivity index (χ3n) is 3.35. The van der Waals surface area contributed by atoms with E-state index in [0.717, 1.165) is 15.9 Å². The van der Waals surface area contributed by atoms with E-state index in [2.05, 4.69) is 5.10 Å². The number of rotatable bonds is 3. The molecule has 0 spiro atoms. The van der Waals surface area contributed by atoms with Crippen LogP contribution in [0.4, 0.5) is 0 Å². The van der Waals surface area contributed by atoms with Crippen LogP contribution >= 0.6 is 11.6 Å². The summed E-state index contributed by atoms with van der Waals surface area (Å²) in [5.74, 6) is 0.978. The highest BCUT2D eigenvalue weighted by molar-refractivity contribution is 6.30. The Balaban J connectivity index is 1.95. The van der Waals surface area contributed by atoms with Gasteiger partial charge in [0.1, 0.15) is 6.54 Å². The molecule has 1 aromatic heterocycles. The summed E-state index contributed by atoms with van der Waals surface area (Å²) in [7, 11) is 0. The average Bonchev–Trinajstić information content (AvgIpc) is 2.79. The molecule has 0 saturated carbocycles. The lowest BCUT2D eigenvalue weighted by molar-refractivity contribution is -0.601. The maximum atomic E-state index is 12.2. The van der Waals surface area contributed by atoms with Crippen LogP contribution in [0.25, 0.3) is 11.4 Å². The van der Waals surface area contributed by atoms with Gasteiger partial charge in [-0.2, -0.15) is 0 Å². The largest absolute Gasteiger partial charge is 0.740 e. The molecule has 2 aromatic carbocycles. The molecule has 0 aliphatic heterocycles. The molecule has 1 heterocycles. The van der Waals surface area contributed by atoms with Crippen molar-refractivity contribution in [1.29, 1.82) is 0 Å². The minimum atomic E-state index is 0.419. The summed E-state index contributed by atoms with van der Waals surface area (Å²) in [5, 5.41) is 17.4.